The molecule has 0 aliphatic rings. The normalized spacial score (nSPS) is 11.3. The summed E-state index contributed by atoms with van der Waals surface area (Å²) < 4.78 is 27.9. The molecule has 0 saturated heterocycles. The molecule has 0 fully saturated rings. The fourth-order valence-corrected chi connectivity index (χ4v) is 5.45. The summed E-state index contributed by atoms with van der Waals surface area (Å²) >= 11 is 1.28. The smallest absolute Gasteiger partial charge is 0.241 e. The number of rotatable bonds is 8. The molecule has 1 heterocycles. The fraction of sp³-hybridized carbons (Fsp3) is 0.120. The monoisotopic (exact) mass is 477 g/mol. The van der Waals surface area contributed by atoms with Gasteiger partial charge >= 0.3 is 0 Å². The van der Waals surface area contributed by atoms with Crippen LogP contribution in [0.15, 0.2) is 83.9 Å². The molecule has 2 N–H and O–H groups in total. The molecule has 8 heteroatoms. The summed E-state index contributed by atoms with van der Waals surface area (Å²) in [7, 11) is -3.62. The number of sulfonamides is 1. The molecule has 3 aromatic carbocycles. The third-order valence-corrected chi connectivity index (χ3v) is 7.62. The Balaban J connectivity index is 1.44. The molecule has 0 aliphatic heterocycles. The summed E-state index contributed by atoms with van der Waals surface area (Å²) in [5.41, 5.74) is 3.83. The van der Waals surface area contributed by atoms with E-state index in [9.17, 15) is 13.2 Å². The molecule has 1 aromatic heterocycles. The quantitative estimate of drug-likeness (QED) is 0.340. The van der Waals surface area contributed by atoms with Crippen LogP contribution in [0.1, 0.15) is 31.9 Å². The van der Waals surface area contributed by atoms with Crippen LogP contribution in [0.5, 0.6) is 0 Å². The highest BCUT2D eigenvalue weighted by atomic mass is 32.2. The van der Waals surface area contributed by atoms with E-state index >= 15 is 0 Å². The highest BCUT2D eigenvalue weighted by molar-refractivity contribution is 7.89. The molecule has 0 radical (unpaired) electrons. The SMILES string of the molecule is Cc1ccccc1C(=O)c1cnc(Nc2cccc(CNS(=O)(=O)c3ccccc3C)c2)s1. The van der Waals surface area contributed by atoms with E-state index in [4.69, 9.17) is 0 Å². The van der Waals surface area contributed by atoms with Crippen molar-refractivity contribution in [2.75, 3.05) is 5.32 Å². The van der Waals surface area contributed by atoms with E-state index < -0.39 is 10.0 Å². The number of hydrogen-bond donors (Lipinski definition) is 2. The van der Waals surface area contributed by atoms with Crippen molar-refractivity contribution in [2.24, 2.45) is 0 Å². The Kier molecular flexibility index (Phi) is 6.69. The van der Waals surface area contributed by atoms with E-state index in [0.29, 0.717) is 21.1 Å². The van der Waals surface area contributed by atoms with Crippen molar-refractivity contribution in [3.8, 4) is 0 Å². The molecule has 0 unspecified atom stereocenters. The first-order chi connectivity index (χ1) is 15.8. The first kappa shape index (κ1) is 22.8. The minimum Gasteiger partial charge on any atom is -0.332 e. The van der Waals surface area contributed by atoms with Crippen molar-refractivity contribution in [3.05, 3.63) is 106 Å². The molecule has 0 atom stereocenters. The van der Waals surface area contributed by atoms with Gasteiger partial charge < -0.3 is 5.32 Å². The molecule has 0 spiro atoms. The maximum Gasteiger partial charge on any atom is 0.241 e. The number of thiazole rings is 1. The van der Waals surface area contributed by atoms with Crippen LogP contribution in [0.2, 0.25) is 0 Å². The van der Waals surface area contributed by atoms with Gasteiger partial charge in [0.2, 0.25) is 15.8 Å². The van der Waals surface area contributed by atoms with E-state index in [2.05, 4.69) is 15.0 Å². The number of carbonyl (C=O) groups excluding carboxylic acids is 1. The summed E-state index contributed by atoms with van der Waals surface area (Å²) in [5, 5.41) is 3.79. The third-order valence-electron chi connectivity index (χ3n) is 5.15. The van der Waals surface area contributed by atoms with Gasteiger partial charge in [-0.15, -0.1) is 0 Å². The van der Waals surface area contributed by atoms with Crippen LogP contribution in [0.4, 0.5) is 10.8 Å². The topological polar surface area (TPSA) is 88.2 Å². The Bertz CT molecular complexity index is 1410. The standard InChI is InChI=1S/C25H23N3O3S2/c1-17-8-3-5-12-21(17)24(29)22-16-26-25(32-22)28-20-11-7-10-19(14-20)15-27-33(30,31)23-13-6-4-9-18(23)2/h3-14,16,27H,15H2,1-2H3,(H,26,28). The minimum absolute atomic E-state index is 0.0574. The Morgan fingerprint density at radius 2 is 1.67 bits per heavy atom. The van der Waals surface area contributed by atoms with Gasteiger partial charge in [0.05, 0.1) is 16.0 Å². The lowest BCUT2D eigenvalue weighted by Crippen LogP contribution is -2.24. The van der Waals surface area contributed by atoms with E-state index in [1.54, 1.807) is 31.3 Å². The van der Waals surface area contributed by atoms with Gasteiger partial charge in [-0.05, 0) is 48.7 Å². The van der Waals surface area contributed by atoms with E-state index in [1.807, 2.05) is 61.5 Å². The van der Waals surface area contributed by atoms with Gasteiger partial charge in [0.15, 0.2) is 5.13 Å². The summed E-state index contributed by atoms with van der Waals surface area (Å²) in [6, 6.07) is 21.7. The highest BCUT2D eigenvalue weighted by Crippen LogP contribution is 2.26. The predicted molar refractivity (Wildman–Crippen MR) is 132 cm³/mol. The molecule has 0 saturated carbocycles. The zero-order chi connectivity index (χ0) is 23.4. The number of nitrogens with one attached hydrogen (secondary N) is 2. The van der Waals surface area contributed by atoms with Crippen LogP contribution < -0.4 is 10.0 Å². The van der Waals surface area contributed by atoms with Crippen LogP contribution in [0, 0.1) is 13.8 Å². The largest absolute Gasteiger partial charge is 0.332 e. The summed E-state index contributed by atoms with van der Waals surface area (Å²) in [6.07, 6.45) is 1.57. The number of ketones is 1. The maximum absolute atomic E-state index is 12.8. The first-order valence-electron chi connectivity index (χ1n) is 10.3. The van der Waals surface area contributed by atoms with E-state index in [1.165, 1.54) is 11.3 Å². The van der Waals surface area contributed by atoms with Crippen LogP contribution in [-0.4, -0.2) is 19.2 Å². The molecular weight excluding hydrogens is 454 g/mol. The van der Waals surface area contributed by atoms with E-state index in [0.717, 1.165) is 16.8 Å². The lowest BCUT2D eigenvalue weighted by Gasteiger charge is -2.10. The number of benzene rings is 3. The second-order valence-electron chi connectivity index (χ2n) is 7.59. The second-order valence-corrected chi connectivity index (χ2v) is 10.4. The molecule has 0 aliphatic carbocycles. The average Bonchev–Trinajstić information content (AvgIpc) is 3.26. The van der Waals surface area contributed by atoms with Crippen LogP contribution in [-0.2, 0) is 16.6 Å². The zero-order valence-corrected chi connectivity index (χ0v) is 19.8. The summed E-state index contributed by atoms with van der Waals surface area (Å²) in [4.78, 5) is 17.9. The van der Waals surface area contributed by atoms with Crippen LogP contribution >= 0.6 is 11.3 Å². The minimum atomic E-state index is -3.62. The zero-order valence-electron chi connectivity index (χ0n) is 18.2. The lowest BCUT2D eigenvalue weighted by molar-refractivity contribution is 0.104. The summed E-state index contributed by atoms with van der Waals surface area (Å²) in [5.74, 6) is -0.0574. The number of carbonyl (C=O) groups is 1. The van der Waals surface area contributed by atoms with Gasteiger partial charge in [-0.25, -0.2) is 18.1 Å². The van der Waals surface area contributed by atoms with Gasteiger partial charge in [-0.3, -0.25) is 4.79 Å². The van der Waals surface area contributed by atoms with Gasteiger partial charge in [0, 0.05) is 17.8 Å². The van der Waals surface area contributed by atoms with Gasteiger partial charge in [-0.1, -0.05) is 65.9 Å². The highest BCUT2D eigenvalue weighted by Gasteiger charge is 2.17. The molecule has 168 valence electrons. The maximum atomic E-state index is 12.8. The van der Waals surface area contributed by atoms with Crippen molar-refractivity contribution in [2.45, 2.75) is 25.3 Å². The van der Waals surface area contributed by atoms with Crippen LogP contribution in [0.3, 0.4) is 0 Å². The Morgan fingerprint density at radius 3 is 2.42 bits per heavy atom. The van der Waals surface area contributed by atoms with Gasteiger partial charge in [0.25, 0.3) is 0 Å². The number of anilines is 2. The molecule has 33 heavy (non-hydrogen) atoms. The molecule has 4 rings (SSSR count). The van der Waals surface area contributed by atoms with Gasteiger partial charge in [0.1, 0.15) is 0 Å². The molecule has 0 bridgehead atoms. The van der Waals surface area contributed by atoms with Crippen molar-refractivity contribution in [1.82, 2.24) is 9.71 Å². The Hall–Kier alpha value is -3.33. The predicted octanol–water partition coefficient (Wildman–Crippen LogP) is 5.21. The van der Waals surface area contributed by atoms with Gasteiger partial charge in [-0.2, -0.15) is 0 Å². The fourth-order valence-electron chi connectivity index (χ4n) is 3.39. The lowest BCUT2D eigenvalue weighted by atomic mass is 10.0. The van der Waals surface area contributed by atoms with E-state index in [-0.39, 0.29) is 17.2 Å². The number of aryl methyl sites for hydroxylation is 2. The van der Waals surface area contributed by atoms with Crippen LogP contribution in [0.25, 0.3) is 0 Å². The average molecular weight is 478 g/mol. The molecule has 4 aromatic rings. The number of hydrogen-bond acceptors (Lipinski definition) is 6. The van der Waals surface area contributed by atoms with Crippen molar-refractivity contribution in [3.63, 3.8) is 0 Å². The van der Waals surface area contributed by atoms with Crippen molar-refractivity contribution in [1.29, 1.82) is 0 Å². The molecule has 6 nitrogen and oxygen atoms in total. The first-order valence-corrected chi connectivity index (χ1v) is 12.6. The number of nitrogens with zero attached hydrogens (tertiary/aromatic N) is 1. The molecular formula is C25H23N3O3S2. The number of aromatic nitrogens is 1. The Morgan fingerprint density at radius 1 is 0.939 bits per heavy atom. The van der Waals surface area contributed by atoms with Crippen molar-refractivity contribution >= 4 is 38.0 Å². The third kappa shape index (κ3) is 5.36. The second kappa shape index (κ2) is 9.66. The Labute approximate surface area is 197 Å². The van der Waals surface area contributed by atoms with Crippen molar-refractivity contribution < 1.29 is 13.2 Å². The summed E-state index contributed by atoms with van der Waals surface area (Å²) in [6.45, 7) is 3.83. The molecule has 0 amide bonds.